The Balaban J connectivity index is 1.93. The number of benzene rings is 2. The molecule has 3 unspecified atom stereocenters. The Morgan fingerprint density at radius 1 is 1.05 bits per heavy atom. The van der Waals surface area contributed by atoms with Gasteiger partial charge in [0, 0.05) is 5.38 Å². The Bertz CT molecular complexity index is 1390. The van der Waals surface area contributed by atoms with Crippen LogP contribution in [-0.2, 0) is 48.7 Å². The molecule has 0 saturated carbocycles. The highest BCUT2D eigenvalue weighted by Crippen LogP contribution is 2.26. The largest absolute Gasteiger partial charge is 0.468 e. The average Bonchev–Trinajstić information content (AvgIpc) is 3.38. The first-order valence-corrected chi connectivity index (χ1v) is 14.3. The summed E-state index contributed by atoms with van der Waals surface area (Å²) in [5.74, 6) is -5.11. The maximum atomic E-state index is 13.7. The molecule has 1 heterocycles. The Morgan fingerprint density at radius 2 is 1.69 bits per heavy atom. The van der Waals surface area contributed by atoms with Crippen LogP contribution in [0, 0.1) is 11.8 Å². The molecule has 0 spiro atoms. The second-order valence-electron chi connectivity index (χ2n) is 8.77. The summed E-state index contributed by atoms with van der Waals surface area (Å²) in [6, 6.07) is 14.5. The number of thiazole rings is 1. The van der Waals surface area contributed by atoms with E-state index in [9.17, 15) is 22.8 Å². The minimum absolute atomic E-state index is 0.0657. The number of carbonyl (C=O) groups is 3. The van der Waals surface area contributed by atoms with Crippen LogP contribution in [0.2, 0.25) is 0 Å². The molecule has 2 amide bonds. The highest BCUT2D eigenvalue weighted by Gasteiger charge is 2.40. The van der Waals surface area contributed by atoms with E-state index < -0.39 is 46.0 Å². The van der Waals surface area contributed by atoms with Crippen molar-refractivity contribution in [1.82, 2.24) is 10.3 Å². The van der Waals surface area contributed by atoms with Gasteiger partial charge in [-0.05, 0) is 42.5 Å². The van der Waals surface area contributed by atoms with Crippen LogP contribution in [-0.4, -0.2) is 42.8 Å². The van der Waals surface area contributed by atoms with Gasteiger partial charge in [0.15, 0.2) is 0 Å². The van der Waals surface area contributed by atoms with E-state index in [1.165, 1.54) is 23.5 Å². The molecule has 208 valence electrons. The predicted molar refractivity (Wildman–Crippen MR) is 146 cm³/mol. The van der Waals surface area contributed by atoms with E-state index >= 15 is 0 Å². The first kappa shape index (κ1) is 29.7. The van der Waals surface area contributed by atoms with Crippen molar-refractivity contribution in [3.05, 3.63) is 81.8 Å². The molecule has 3 atom stereocenters. The number of primary amides is 1. The molecule has 0 radical (unpaired) electrons. The third-order valence-corrected chi connectivity index (χ3v) is 7.49. The highest BCUT2D eigenvalue weighted by atomic mass is 32.2. The maximum absolute atomic E-state index is 13.7. The zero-order chi connectivity index (χ0) is 28.6. The van der Waals surface area contributed by atoms with Crippen molar-refractivity contribution in [2.24, 2.45) is 17.6 Å². The second-order valence-corrected chi connectivity index (χ2v) is 10.8. The standard InChI is InChI=1S/C26H30N4O7S2/c1-3-18-15-38-25(28-18)21(14-17-9-11-19(12-10-17)30-39(34,35)36)29-24(32)20(13-16-7-5-4-6-8-16)22(23(27)31)26(33)37-2/h4-12,15,20-22,30H,3,13-14H2,1-2H3,(H2,27,31)(H,29,32)(H,34,35,36). The number of rotatable bonds is 13. The summed E-state index contributed by atoms with van der Waals surface area (Å²) >= 11 is 1.36. The Labute approximate surface area is 230 Å². The van der Waals surface area contributed by atoms with E-state index in [-0.39, 0.29) is 18.5 Å². The minimum Gasteiger partial charge on any atom is -0.468 e. The van der Waals surface area contributed by atoms with Crippen molar-refractivity contribution in [3.63, 3.8) is 0 Å². The van der Waals surface area contributed by atoms with Gasteiger partial charge < -0.3 is 15.8 Å². The first-order chi connectivity index (χ1) is 18.5. The molecule has 0 fully saturated rings. The van der Waals surface area contributed by atoms with Gasteiger partial charge in [-0.3, -0.25) is 23.7 Å². The number of carbonyl (C=O) groups excluding carboxylic acids is 3. The number of nitrogens with zero attached hydrogens (tertiary/aromatic N) is 1. The van der Waals surface area contributed by atoms with Crippen molar-refractivity contribution in [3.8, 4) is 0 Å². The molecule has 1 aromatic heterocycles. The van der Waals surface area contributed by atoms with Crippen molar-refractivity contribution in [2.45, 2.75) is 32.2 Å². The lowest BCUT2D eigenvalue weighted by Crippen LogP contribution is -2.46. The van der Waals surface area contributed by atoms with Crippen LogP contribution in [0.4, 0.5) is 5.69 Å². The molecule has 0 aliphatic rings. The number of nitrogens with two attached hydrogens (primary N) is 1. The molecular formula is C26H30N4O7S2. The number of aromatic nitrogens is 1. The normalized spacial score (nSPS) is 13.6. The quantitative estimate of drug-likeness (QED) is 0.137. The molecule has 2 aromatic carbocycles. The van der Waals surface area contributed by atoms with Gasteiger partial charge in [-0.25, -0.2) is 4.98 Å². The molecular weight excluding hydrogens is 544 g/mol. The Kier molecular flexibility index (Phi) is 10.2. The second kappa shape index (κ2) is 13.3. The van der Waals surface area contributed by atoms with Crippen LogP contribution in [0.5, 0.6) is 0 Å². The number of ether oxygens (including phenoxy) is 1. The fourth-order valence-corrected chi connectivity index (χ4v) is 5.44. The summed E-state index contributed by atoms with van der Waals surface area (Å²) in [5.41, 5.74) is 8.02. The fourth-order valence-electron chi connectivity index (χ4n) is 4.05. The minimum atomic E-state index is -4.42. The molecule has 5 N–H and O–H groups in total. The molecule has 0 saturated heterocycles. The Morgan fingerprint density at radius 3 is 2.23 bits per heavy atom. The lowest BCUT2D eigenvalue weighted by Gasteiger charge is -2.25. The van der Waals surface area contributed by atoms with Gasteiger partial charge in [0.05, 0.1) is 30.5 Å². The van der Waals surface area contributed by atoms with Gasteiger partial charge in [-0.2, -0.15) is 8.42 Å². The van der Waals surface area contributed by atoms with Crippen LogP contribution in [0.15, 0.2) is 60.0 Å². The van der Waals surface area contributed by atoms with Crippen molar-refractivity contribution in [1.29, 1.82) is 0 Å². The summed E-state index contributed by atoms with van der Waals surface area (Å²) in [5, 5.41) is 5.45. The zero-order valence-corrected chi connectivity index (χ0v) is 23.0. The van der Waals surface area contributed by atoms with E-state index in [1.54, 1.807) is 36.4 Å². The van der Waals surface area contributed by atoms with Gasteiger partial charge in [-0.15, -0.1) is 11.3 Å². The molecule has 13 heteroatoms. The van der Waals surface area contributed by atoms with Gasteiger partial charge in [0.25, 0.3) is 0 Å². The van der Waals surface area contributed by atoms with Gasteiger partial charge >= 0.3 is 16.3 Å². The average molecular weight is 575 g/mol. The maximum Gasteiger partial charge on any atom is 0.357 e. The van der Waals surface area contributed by atoms with Crippen LogP contribution in [0.1, 0.15) is 34.8 Å². The lowest BCUT2D eigenvalue weighted by molar-refractivity contribution is -0.154. The summed E-state index contributed by atoms with van der Waals surface area (Å²) in [6.07, 6.45) is 1.03. The molecule has 0 aliphatic carbocycles. The summed E-state index contributed by atoms with van der Waals surface area (Å²) in [6.45, 7) is 1.96. The number of amides is 2. The number of methoxy groups -OCH3 is 1. The highest BCUT2D eigenvalue weighted by molar-refractivity contribution is 7.87. The van der Waals surface area contributed by atoms with Crippen molar-refractivity contribution in [2.75, 3.05) is 11.8 Å². The number of aryl methyl sites for hydroxylation is 1. The Hall–Kier alpha value is -3.81. The molecule has 11 nitrogen and oxygen atoms in total. The number of nitrogens with one attached hydrogen (secondary N) is 2. The van der Waals surface area contributed by atoms with Crippen LogP contribution in [0.25, 0.3) is 0 Å². The summed E-state index contributed by atoms with van der Waals surface area (Å²) in [7, 11) is -3.30. The third-order valence-electron chi connectivity index (χ3n) is 5.99. The molecule has 0 bridgehead atoms. The van der Waals surface area contributed by atoms with Gasteiger partial charge in [-0.1, -0.05) is 49.4 Å². The fraction of sp³-hybridized carbons (Fsp3) is 0.308. The van der Waals surface area contributed by atoms with Crippen molar-refractivity contribution < 1.29 is 32.1 Å². The summed E-state index contributed by atoms with van der Waals surface area (Å²) < 4.78 is 38.0. The smallest absolute Gasteiger partial charge is 0.357 e. The third kappa shape index (κ3) is 8.60. The number of anilines is 1. The van der Waals surface area contributed by atoms with Gasteiger partial charge in [0.2, 0.25) is 11.8 Å². The lowest BCUT2D eigenvalue weighted by atomic mass is 9.85. The number of hydrogen-bond acceptors (Lipinski definition) is 8. The predicted octanol–water partition coefficient (Wildman–Crippen LogP) is 2.45. The topological polar surface area (TPSA) is 178 Å². The van der Waals surface area contributed by atoms with Crippen molar-refractivity contribution >= 4 is 45.1 Å². The van der Waals surface area contributed by atoms with Crippen LogP contribution >= 0.6 is 11.3 Å². The van der Waals surface area contributed by atoms with E-state index in [4.69, 9.17) is 15.0 Å². The number of esters is 1. The molecule has 39 heavy (non-hydrogen) atoms. The molecule has 3 aromatic rings. The number of hydrogen-bond donors (Lipinski definition) is 4. The van der Waals surface area contributed by atoms with Gasteiger partial charge in [0.1, 0.15) is 10.9 Å². The SMILES string of the molecule is CCc1csc(C(Cc2ccc(NS(=O)(=O)O)cc2)NC(=O)C(Cc2ccccc2)C(C(N)=O)C(=O)OC)n1. The van der Waals surface area contributed by atoms with E-state index in [0.717, 1.165) is 23.9 Å². The van der Waals surface area contributed by atoms with Crippen LogP contribution in [0.3, 0.4) is 0 Å². The zero-order valence-electron chi connectivity index (χ0n) is 21.4. The van der Waals surface area contributed by atoms with E-state index in [0.29, 0.717) is 11.4 Å². The monoisotopic (exact) mass is 574 g/mol. The van der Waals surface area contributed by atoms with E-state index in [1.807, 2.05) is 23.1 Å². The van der Waals surface area contributed by atoms with Crippen LogP contribution < -0.4 is 15.8 Å². The van der Waals surface area contributed by atoms with E-state index in [2.05, 4.69) is 10.3 Å². The first-order valence-electron chi connectivity index (χ1n) is 12.0. The summed E-state index contributed by atoms with van der Waals surface area (Å²) in [4.78, 5) is 43.2. The molecule has 3 rings (SSSR count). The molecule has 0 aliphatic heterocycles.